The Kier molecular flexibility index (Phi) is 18.1. The second kappa shape index (κ2) is 19.0. The molecule has 0 aliphatic carbocycles. The highest BCUT2D eigenvalue weighted by Crippen LogP contribution is 2.11. The minimum atomic E-state index is -0.470. The van der Waals surface area contributed by atoms with Crippen molar-refractivity contribution >= 4 is 11.9 Å². The molecule has 4 nitrogen and oxygen atoms in total. The number of ether oxygens (including phenoxy) is 2. The number of unbranched alkanes of at least 4 members (excludes halogenated alkanes) is 8. The monoisotopic (exact) mass is 396 g/mol. The van der Waals surface area contributed by atoms with Crippen LogP contribution in [0.15, 0.2) is 12.2 Å². The first-order valence-corrected chi connectivity index (χ1v) is 11.4. The third kappa shape index (κ3) is 21.0. The minimum absolute atomic E-state index is 0.416. The summed E-state index contributed by atoms with van der Waals surface area (Å²) < 4.78 is 10.2. The van der Waals surface area contributed by atoms with Gasteiger partial charge in [0.15, 0.2) is 0 Å². The molecule has 0 aliphatic heterocycles. The van der Waals surface area contributed by atoms with Crippen LogP contribution in [-0.2, 0) is 19.1 Å². The van der Waals surface area contributed by atoms with E-state index in [0.717, 1.165) is 49.7 Å². The molecule has 0 saturated heterocycles. The summed E-state index contributed by atoms with van der Waals surface area (Å²) in [4.78, 5) is 23.1. The quantitative estimate of drug-likeness (QED) is 0.148. The standard InChI is InChI=1S/C24H44O4/c1-21(2)15-11-7-5-9-13-19-27-23(25)17-18-24(26)28-20-14-10-6-8-12-16-22(3)4/h17-18,21-22H,5-16,19-20H2,1-4H3. The molecule has 0 bridgehead atoms. The minimum Gasteiger partial charge on any atom is -0.463 e. The molecular formula is C24H44O4. The van der Waals surface area contributed by atoms with Gasteiger partial charge in [-0.1, -0.05) is 91.9 Å². The first kappa shape index (κ1) is 26.7. The lowest BCUT2D eigenvalue weighted by Gasteiger charge is -2.05. The van der Waals surface area contributed by atoms with E-state index in [4.69, 9.17) is 9.47 Å². The van der Waals surface area contributed by atoms with Crippen LogP contribution in [0.4, 0.5) is 0 Å². The first-order chi connectivity index (χ1) is 13.4. The summed E-state index contributed by atoms with van der Waals surface area (Å²) >= 11 is 0. The van der Waals surface area contributed by atoms with Gasteiger partial charge in [0.2, 0.25) is 0 Å². The van der Waals surface area contributed by atoms with Crippen LogP contribution in [0.5, 0.6) is 0 Å². The molecule has 0 N–H and O–H groups in total. The van der Waals surface area contributed by atoms with Crippen LogP contribution < -0.4 is 0 Å². The molecule has 0 saturated carbocycles. The summed E-state index contributed by atoms with van der Waals surface area (Å²) in [6.07, 6.45) is 16.2. The van der Waals surface area contributed by atoms with Crippen molar-refractivity contribution in [2.45, 2.75) is 105 Å². The lowest BCUT2D eigenvalue weighted by Crippen LogP contribution is -2.06. The van der Waals surface area contributed by atoms with Gasteiger partial charge in [0.1, 0.15) is 0 Å². The average molecular weight is 397 g/mol. The van der Waals surface area contributed by atoms with Crippen LogP contribution in [0.25, 0.3) is 0 Å². The molecule has 4 heteroatoms. The van der Waals surface area contributed by atoms with Gasteiger partial charge in [-0.3, -0.25) is 0 Å². The van der Waals surface area contributed by atoms with Gasteiger partial charge in [0.05, 0.1) is 13.2 Å². The van der Waals surface area contributed by atoms with E-state index in [1.54, 1.807) is 0 Å². The molecule has 0 unspecified atom stereocenters. The van der Waals surface area contributed by atoms with Crippen molar-refractivity contribution in [3.63, 3.8) is 0 Å². The van der Waals surface area contributed by atoms with Crippen molar-refractivity contribution in [1.29, 1.82) is 0 Å². The van der Waals surface area contributed by atoms with Crippen LogP contribution in [0, 0.1) is 11.8 Å². The van der Waals surface area contributed by atoms with Crippen molar-refractivity contribution in [3.05, 3.63) is 12.2 Å². The fourth-order valence-electron chi connectivity index (χ4n) is 2.95. The number of carbonyl (C=O) groups excluding carboxylic acids is 2. The average Bonchev–Trinajstić information content (AvgIpc) is 2.63. The number of rotatable bonds is 18. The Hall–Kier alpha value is -1.32. The summed E-state index contributed by atoms with van der Waals surface area (Å²) in [5, 5.41) is 0. The smallest absolute Gasteiger partial charge is 0.331 e. The van der Waals surface area contributed by atoms with E-state index in [1.807, 2.05) is 0 Å². The molecular weight excluding hydrogens is 352 g/mol. The third-order valence-electron chi connectivity index (χ3n) is 4.70. The number of hydrogen-bond acceptors (Lipinski definition) is 4. The Morgan fingerprint density at radius 2 is 0.893 bits per heavy atom. The van der Waals surface area contributed by atoms with Gasteiger partial charge >= 0.3 is 11.9 Å². The van der Waals surface area contributed by atoms with E-state index < -0.39 is 11.9 Å². The van der Waals surface area contributed by atoms with Gasteiger partial charge < -0.3 is 9.47 Å². The third-order valence-corrected chi connectivity index (χ3v) is 4.70. The normalized spacial score (nSPS) is 11.5. The molecule has 28 heavy (non-hydrogen) atoms. The van der Waals surface area contributed by atoms with Crippen molar-refractivity contribution in [2.24, 2.45) is 11.8 Å². The van der Waals surface area contributed by atoms with Gasteiger partial charge in [-0.15, -0.1) is 0 Å². The van der Waals surface area contributed by atoms with Crippen molar-refractivity contribution in [3.8, 4) is 0 Å². The Morgan fingerprint density at radius 1 is 0.571 bits per heavy atom. The highest BCUT2D eigenvalue weighted by molar-refractivity contribution is 5.91. The van der Waals surface area contributed by atoms with E-state index in [9.17, 15) is 9.59 Å². The van der Waals surface area contributed by atoms with E-state index in [-0.39, 0.29) is 0 Å². The molecule has 0 rings (SSSR count). The Morgan fingerprint density at radius 3 is 1.25 bits per heavy atom. The molecule has 0 fully saturated rings. The van der Waals surface area contributed by atoms with Crippen molar-refractivity contribution < 1.29 is 19.1 Å². The van der Waals surface area contributed by atoms with Crippen LogP contribution in [0.2, 0.25) is 0 Å². The maximum atomic E-state index is 11.6. The highest BCUT2D eigenvalue weighted by atomic mass is 16.5. The second-order valence-corrected chi connectivity index (χ2v) is 8.57. The Balaban J connectivity index is 3.48. The topological polar surface area (TPSA) is 52.6 Å². The Labute approximate surface area is 173 Å². The second-order valence-electron chi connectivity index (χ2n) is 8.57. The Bertz CT molecular complexity index is 375. The molecule has 0 radical (unpaired) electrons. The largest absolute Gasteiger partial charge is 0.463 e. The number of hydrogen-bond donors (Lipinski definition) is 0. The van der Waals surface area contributed by atoms with Crippen LogP contribution in [-0.4, -0.2) is 25.2 Å². The maximum Gasteiger partial charge on any atom is 0.331 e. The van der Waals surface area contributed by atoms with Gasteiger partial charge in [0, 0.05) is 12.2 Å². The molecule has 0 heterocycles. The lowest BCUT2D eigenvalue weighted by atomic mass is 10.0. The predicted molar refractivity (Wildman–Crippen MR) is 116 cm³/mol. The number of carbonyl (C=O) groups is 2. The molecule has 0 aromatic heterocycles. The van der Waals surface area contributed by atoms with E-state index in [1.165, 1.54) is 51.4 Å². The van der Waals surface area contributed by atoms with E-state index in [2.05, 4.69) is 27.7 Å². The maximum absolute atomic E-state index is 11.6. The fraction of sp³-hybridized carbons (Fsp3) is 0.833. The summed E-state index contributed by atoms with van der Waals surface area (Å²) in [7, 11) is 0. The van der Waals surface area contributed by atoms with Crippen LogP contribution >= 0.6 is 0 Å². The molecule has 164 valence electrons. The zero-order valence-electron chi connectivity index (χ0n) is 18.8. The van der Waals surface area contributed by atoms with Gasteiger partial charge in [-0.05, 0) is 24.7 Å². The zero-order chi connectivity index (χ0) is 21.0. The van der Waals surface area contributed by atoms with E-state index >= 15 is 0 Å². The van der Waals surface area contributed by atoms with Crippen molar-refractivity contribution in [2.75, 3.05) is 13.2 Å². The molecule has 0 aromatic rings. The van der Waals surface area contributed by atoms with Crippen molar-refractivity contribution in [1.82, 2.24) is 0 Å². The molecule has 0 atom stereocenters. The summed E-state index contributed by atoms with van der Waals surface area (Å²) in [5.74, 6) is 0.613. The number of esters is 2. The molecule has 0 amide bonds. The molecule has 0 aromatic carbocycles. The predicted octanol–water partition coefficient (Wildman–Crippen LogP) is 6.62. The first-order valence-electron chi connectivity index (χ1n) is 11.4. The van der Waals surface area contributed by atoms with Gasteiger partial charge in [-0.25, -0.2) is 9.59 Å². The molecule has 0 aliphatic rings. The lowest BCUT2D eigenvalue weighted by molar-refractivity contribution is -0.140. The summed E-state index contributed by atoms with van der Waals surface area (Å²) in [6, 6.07) is 0. The van der Waals surface area contributed by atoms with Gasteiger partial charge in [0.25, 0.3) is 0 Å². The zero-order valence-corrected chi connectivity index (χ0v) is 18.8. The van der Waals surface area contributed by atoms with Gasteiger partial charge in [-0.2, -0.15) is 0 Å². The summed E-state index contributed by atoms with van der Waals surface area (Å²) in [6.45, 7) is 9.83. The fourth-order valence-corrected chi connectivity index (χ4v) is 2.95. The highest BCUT2D eigenvalue weighted by Gasteiger charge is 2.02. The molecule has 0 spiro atoms. The SMILES string of the molecule is CC(C)CCCCCCCOC(=O)C=CC(=O)OCCCCCCCC(C)C. The van der Waals surface area contributed by atoms with Crippen LogP contribution in [0.1, 0.15) is 105 Å². The van der Waals surface area contributed by atoms with Crippen LogP contribution in [0.3, 0.4) is 0 Å². The summed E-state index contributed by atoms with van der Waals surface area (Å²) in [5.41, 5.74) is 0. The van der Waals surface area contributed by atoms with E-state index in [0.29, 0.717) is 13.2 Å².